The smallest absolute Gasteiger partial charge is 0.194 e. The van der Waals surface area contributed by atoms with Gasteiger partial charge in [0.15, 0.2) is 11.6 Å². The van der Waals surface area contributed by atoms with Gasteiger partial charge in [-0.3, -0.25) is 9.59 Å². The topological polar surface area (TPSA) is 63.6 Å². The highest BCUT2D eigenvalue weighted by Gasteiger charge is 2.30. The Bertz CT molecular complexity index is 703. The van der Waals surface area contributed by atoms with E-state index in [1.165, 1.54) is 0 Å². The van der Waals surface area contributed by atoms with E-state index in [1.54, 1.807) is 42.5 Å². The van der Waals surface area contributed by atoms with Crippen molar-refractivity contribution in [2.45, 2.75) is 6.61 Å². The van der Waals surface area contributed by atoms with Crippen molar-refractivity contribution in [2.75, 3.05) is 6.79 Å². The minimum atomic E-state index is -0.428. The van der Waals surface area contributed by atoms with Gasteiger partial charge in [-0.1, -0.05) is 42.5 Å². The number of fused-ring (bicyclic) bond motifs is 2. The fraction of sp³-hybridized carbons (Fsp3) is 0.125. The van der Waals surface area contributed by atoms with E-state index in [2.05, 4.69) is 0 Å². The molecule has 0 bridgehead atoms. The third kappa shape index (κ3) is 1.86. The van der Waals surface area contributed by atoms with Gasteiger partial charge >= 0.3 is 0 Å². The van der Waals surface area contributed by atoms with Crippen molar-refractivity contribution in [3.05, 3.63) is 70.3 Å². The average molecular weight is 268 g/mol. The molecular weight excluding hydrogens is 256 g/mol. The number of carbonyl (C=O) groups is 2. The molecule has 0 aromatic heterocycles. The van der Waals surface area contributed by atoms with E-state index < -0.39 is 6.79 Å². The molecule has 0 aliphatic heterocycles. The first-order valence-electron chi connectivity index (χ1n) is 6.23. The summed E-state index contributed by atoms with van der Waals surface area (Å²) in [5.74, 6) is -0.326. The normalized spacial score (nSPS) is 13.1. The summed E-state index contributed by atoms with van der Waals surface area (Å²) in [5.41, 5.74) is 2.24. The molecule has 4 nitrogen and oxygen atoms in total. The molecule has 0 fully saturated rings. The van der Waals surface area contributed by atoms with Crippen LogP contribution in [-0.4, -0.2) is 23.5 Å². The Morgan fingerprint density at radius 3 is 2.20 bits per heavy atom. The van der Waals surface area contributed by atoms with Gasteiger partial charge in [-0.2, -0.15) is 0 Å². The van der Waals surface area contributed by atoms with Crippen molar-refractivity contribution in [3.8, 4) is 0 Å². The lowest BCUT2D eigenvalue weighted by Gasteiger charge is -2.19. The van der Waals surface area contributed by atoms with E-state index in [0.29, 0.717) is 27.8 Å². The third-order valence-corrected chi connectivity index (χ3v) is 3.39. The van der Waals surface area contributed by atoms with Crippen molar-refractivity contribution in [1.82, 2.24) is 0 Å². The first-order valence-corrected chi connectivity index (χ1v) is 6.23. The van der Waals surface area contributed by atoms with Crippen LogP contribution in [0.2, 0.25) is 0 Å². The third-order valence-electron chi connectivity index (χ3n) is 3.39. The molecule has 1 aliphatic rings. The summed E-state index contributed by atoms with van der Waals surface area (Å²) >= 11 is 0. The maximum Gasteiger partial charge on any atom is 0.194 e. The number of hydrogen-bond donors (Lipinski definition) is 1. The fourth-order valence-electron chi connectivity index (χ4n) is 2.49. The molecule has 1 N–H and O–H groups in total. The minimum absolute atomic E-state index is 0.0981. The van der Waals surface area contributed by atoms with Gasteiger partial charge in [-0.05, 0) is 5.56 Å². The van der Waals surface area contributed by atoms with E-state index in [4.69, 9.17) is 9.84 Å². The van der Waals surface area contributed by atoms with Crippen LogP contribution in [0.15, 0.2) is 42.5 Å². The standard InChI is InChI=1S/C16H12O4/c17-9-20-8-10-4-3-7-13-14(10)16(19)12-6-2-1-5-11(12)15(13)18/h1-7,17H,8-9H2. The number of aliphatic hydroxyl groups excluding tert-OH is 1. The van der Waals surface area contributed by atoms with Crippen LogP contribution in [0.1, 0.15) is 37.4 Å². The second kappa shape index (κ2) is 5.00. The van der Waals surface area contributed by atoms with Gasteiger partial charge in [0.1, 0.15) is 6.79 Å². The lowest BCUT2D eigenvalue weighted by atomic mass is 9.82. The predicted molar refractivity (Wildman–Crippen MR) is 71.6 cm³/mol. The highest BCUT2D eigenvalue weighted by atomic mass is 16.6. The second-order valence-electron chi connectivity index (χ2n) is 4.52. The minimum Gasteiger partial charge on any atom is -0.371 e. The molecule has 3 rings (SSSR count). The summed E-state index contributed by atoms with van der Waals surface area (Å²) in [6, 6.07) is 11.9. The number of benzene rings is 2. The van der Waals surface area contributed by atoms with Crippen molar-refractivity contribution >= 4 is 11.6 Å². The Hall–Kier alpha value is -2.30. The lowest BCUT2D eigenvalue weighted by molar-refractivity contribution is -0.0114. The van der Waals surface area contributed by atoms with Gasteiger partial charge in [0.25, 0.3) is 0 Å². The second-order valence-corrected chi connectivity index (χ2v) is 4.52. The molecule has 20 heavy (non-hydrogen) atoms. The van der Waals surface area contributed by atoms with Crippen molar-refractivity contribution in [2.24, 2.45) is 0 Å². The van der Waals surface area contributed by atoms with E-state index in [0.717, 1.165) is 0 Å². The van der Waals surface area contributed by atoms with Crippen molar-refractivity contribution < 1.29 is 19.4 Å². The molecule has 100 valence electrons. The molecule has 0 amide bonds. The summed E-state index contributed by atoms with van der Waals surface area (Å²) in [6.45, 7) is -0.330. The maximum atomic E-state index is 12.6. The summed E-state index contributed by atoms with van der Waals surface area (Å²) in [6.07, 6.45) is 0. The van der Waals surface area contributed by atoms with Crippen molar-refractivity contribution in [3.63, 3.8) is 0 Å². The Labute approximate surface area is 115 Å². The number of carbonyl (C=O) groups excluding carboxylic acids is 2. The molecule has 0 saturated heterocycles. The van der Waals surface area contributed by atoms with Gasteiger partial charge < -0.3 is 9.84 Å². The Morgan fingerprint density at radius 2 is 1.50 bits per heavy atom. The molecule has 0 atom stereocenters. The number of aliphatic hydroxyl groups is 1. The summed E-state index contributed by atoms with van der Waals surface area (Å²) in [5, 5.41) is 8.73. The van der Waals surface area contributed by atoms with E-state index >= 15 is 0 Å². The van der Waals surface area contributed by atoms with Crippen LogP contribution in [0.4, 0.5) is 0 Å². The van der Waals surface area contributed by atoms with Gasteiger partial charge in [-0.15, -0.1) is 0 Å². The largest absolute Gasteiger partial charge is 0.371 e. The first-order chi connectivity index (χ1) is 9.74. The number of ketones is 2. The molecule has 0 radical (unpaired) electrons. The monoisotopic (exact) mass is 268 g/mol. The van der Waals surface area contributed by atoms with E-state index in [-0.39, 0.29) is 18.2 Å². The van der Waals surface area contributed by atoms with Crippen LogP contribution in [0.25, 0.3) is 0 Å². The number of ether oxygens (including phenoxy) is 1. The van der Waals surface area contributed by atoms with Crippen LogP contribution in [-0.2, 0) is 11.3 Å². The zero-order valence-corrected chi connectivity index (χ0v) is 10.6. The van der Waals surface area contributed by atoms with Gasteiger partial charge in [-0.25, -0.2) is 0 Å². The molecule has 0 heterocycles. The Balaban J connectivity index is 2.18. The van der Waals surface area contributed by atoms with Crippen LogP contribution < -0.4 is 0 Å². The molecule has 0 unspecified atom stereocenters. The highest BCUT2D eigenvalue weighted by molar-refractivity contribution is 6.28. The molecule has 1 aliphatic carbocycles. The SMILES string of the molecule is O=C1c2ccccc2C(=O)c2c(COCO)cccc21. The molecule has 2 aromatic carbocycles. The predicted octanol–water partition coefficient (Wildman–Crippen LogP) is 1.93. The van der Waals surface area contributed by atoms with Gasteiger partial charge in [0.2, 0.25) is 0 Å². The first kappa shape index (κ1) is 12.7. The quantitative estimate of drug-likeness (QED) is 0.737. The molecule has 0 spiro atoms. The van der Waals surface area contributed by atoms with Crippen LogP contribution in [0.3, 0.4) is 0 Å². The van der Waals surface area contributed by atoms with Gasteiger partial charge in [0, 0.05) is 22.3 Å². The van der Waals surface area contributed by atoms with Crippen molar-refractivity contribution in [1.29, 1.82) is 0 Å². The summed E-state index contributed by atoms with van der Waals surface area (Å²) < 4.78 is 4.95. The van der Waals surface area contributed by atoms with Crippen LogP contribution in [0, 0.1) is 0 Å². The highest BCUT2D eigenvalue weighted by Crippen LogP contribution is 2.29. The Morgan fingerprint density at radius 1 is 0.850 bits per heavy atom. The molecular formula is C16H12O4. The summed E-state index contributed by atoms with van der Waals surface area (Å²) in [4.78, 5) is 25.0. The molecule has 0 saturated carbocycles. The zero-order chi connectivity index (χ0) is 14.1. The summed E-state index contributed by atoms with van der Waals surface area (Å²) in [7, 11) is 0. The van der Waals surface area contributed by atoms with Crippen LogP contribution in [0.5, 0.6) is 0 Å². The van der Waals surface area contributed by atoms with Crippen LogP contribution >= 0.6 is 0 Å². The maximum absolute atomic E-state index is 12.6. The lowest BCUT2D eigenvalue weighted by Crippen LogP contribution is -2.22. The van der Waals surface area contributed by atoms with Gasteiger partial charge in [0.05, 0.1) is 6.61 Å². The number of rotatable bonds is 3. The zero-order valence-electron chi connectivity index (χ0n) is 10.6. The molecule has 4 heteroatoms. The Kier molecular flexibility index (Phi) is 3.18. The number of hydrogen-bond acceptors (Lipinski definition) is 4. The average Bonchev–Trinajstić information content (AvgIpc) is 2.50. The fourth-order valence-corrected chi connectivity index (χ4v) is 2.49. The molecule has 2 aromatic rings. The van der Waals surface area contributed by atoms with E-state index in [1.807, 2.05) is 0 Å². The van der Waals surface area contributed by atoms with E-state index in [9.17, 15) is 9.59 Å².